The molecule has 0 aliphatic heterocycles. The lowest BCUT2D eigenvalue weighted by Gasteiger charge is -2.11. The number of hydrogen-bond donors (Lipinski definition) is 1. The molecule has 0 atom stereocenters. The van der Waals surface area contributed by atoms with Crippen molar-refractivity contribution >= 4 is 10.0 Å². The molecule has 5 nitrogen and oxygen atoms in total. The molecule has 1 N–H and O–H groups in total. The van der Waals surface area contributed by atoms with Crippen molar-refractivity contribution in [2.24, 2.45) is 0 Å². The van der Waals surface area contributed by atoms with E-state index in [0.717, 1.165) is 11.1 Å². The van der Waals surface area contributed by atoms with Gasteiger partial charge in [-0.05, 0) is 35.7 Å². The summed E-state index contributed by atoms with van der Waals surface area (Å²) in [5, 5.41) is 0. The minimum Gasteiger partial charge on any atom is -0.497 e. The van der Waals surface area contributed by atoms with E-state index in [0.29, 0.717) is 24.5 Å². The maximum atomic E-state index is 12.1. The van der Waals surface area contributed by atoms with Gasteiger partial charge >= 0.3 is 0 Å². The first kappa shape index (κ1) is 17.3. The summed E-state index contributed by atoms with van der Waals surface area (Å²) in [4.78, 5) is 0. The zero-order valence-corrected chi connectivity index (χ0v) is 14.1. The van der Waals surface area contributed by atoms with Crippen LogP contribution in [0.2, 0.25) is 0 Å². The van der Waals surface area contributed by atoms with Crippen LogP contribution in [0.4, 0.5) is 0 Å². The Morgan fingerprint density at radius 1 is 1.00 bits per heavy atom. The maximum absolute atomic E-state index is 12.1. The van der Waals surface area contributed by atoms with Crippen molar-refractivity contribution in [1.82, 2.24) is 4.72 Å². The molecule has 2 aromatic carbocycles. The van der Waals surface area contributed by atoms with Crippen LogP contribution in [0, 0.1) is 0 Å². The fraction of sp³-hybridized carbons (Fsp3) is 0.294. The van der Waals surface area contributed by atoms with Gasteiger partial charge in [-0.3, -0.25) is 0 Å². The highest BCUT2D eigenvalue weighted by atomic mass is 32.2. The second kappa shape index (κ2) is 7.99. The second-order valence-electron chi connectivity index (χ2n) is 5.07. The molecule has 2 rings (SSSR count). The fourth-order valence-electron chi connectivity index (χ4n) is 2.26. The van der Waals surface area contributed by atoms with Gasteiger partial charge in [0.25, 0.3) is 0 Å². The van der Waals surface area contributed by atoms with Gasteiger partial charge in [-0.2, -0.15) is 0 Å². The van der Waals surface area contributed by atoms with Gasteiger partial charge in [-0.15, -0.1) is 0 Å². The lowest BCUT2D eigenvalue weighted by atomic mass is 10.1. The van der Waals surface area contributed by atoms with Gasteiger partial charge in [0.1, 0.15) is 11.5 Å². The van der Waals surface area contributed by atoms with Gasteiger partial charge in [0, 0.05) is 6.54 Å². The average Bonchev–Trinajstić information content (AvgIpc) is 2.55. The van der Waals surface area contributed by atoms with Crippen LogP contribution in [0.1, 0.15) is 11.1 Å². The minimum atomic E-state index is -3.36. The van der Waals surface area contributed by atoms with Crippen LogP contribution in [-0.4, -0.2) is 29.2 Å². The van der Waals surface area contributed by atoms with Crippen molar-refractivity contribution in [3.8, 4) is 11.5 Å². The topological polar surface area (TPSA) is 64.6 Å². The third-order valence-electron chi connectivity index (χ3n) is 3.40. The van der Waals surface area contributed by atoms with Gasteiger partial charge < -0.3 is 9.47 Å². The van der Waals surface area contributed by atoms with E-state index >= 15 is 0 Å². The molecular formula is C17H21NO4S. The number of rotatable bonds is 8. The molecule has 0 saturated carbocycles. The molecule has 6 heteroatoms. The van der Waals surface area contributed by atoms with E-state index < -0.39 is 10.0 Å². The number of methoxy groups -OCH3 is 2. The van der Waals surface area contributed by atoms with Crippen LogP contribution >= 0.6 is 0 Å². The van der Waals surface area contributed by atoms with E-state index in [2.05, 4.69) is 4.72 Å². The lowest BCUT2D eigenvalue weighted by Crippen LogP contribution is -2.27. The number of sulfonamides is 1. The average molecular weight is 335 g/mol. The molecule has 0 saturated heterocycles. The molecule has 0 fully saturated rings. The van der Waals surface area contributed by atoms with Crippen molar-refractivity contribution in [3.05, 3.63) is 59.7 Å². The summed E-state index contributed by atoms with van der Waals surface area (Å²) in [6.45, 7) is 0.304. The molecular weight excluding hydrogens is 314 g/mol. The minimum absolute atomic E-state index is 0.0247. The second-order valence-corrected chi connectivity index (χ2v) is 6.87. The standard InChI is InChI=1S/C17H21NO4S/c1-21-16-8-9-17(22-2)15(12-16)10-11-18-23(19,20)13-14-6-4-3-5-7-14/h3-9,12,18H,10-11,13H2,1-2H3. The molecule has 0 aromatic heterocycles. The van der Waals surface area contributed by atoms with Gasteiger partial charge in [0.15, 0.2) is 0 Å². The number of nitrogens with one attached hydrogen (secondary N) is 1. The SMILES string of the molecule is COc1ccc(OC)c(CCNS(=O)(=O)Cc2ccccc2)c1. The van der Waals surface area contributed by atoms with Gasteiger partial charge in [0.2, 0.25) is 10.0 Å². The molecule has 0 heterocycles. The van der Waals surface area contributed by atoms with Crippen LogP contribution < -0.4 is 14.2 Å². The Bertz CT molecular complexity index is 730. The highest BCUT2D eigenvalue weighted by Crippen LogP contribution is 2.24. The molecule has 0 spiro atoms. The summed E-state index contributed by atoms with van der Waals surface area (Å²) in [7, 11) is -0.182. The number of ether oxygens (including phenoxy) is 2. The summed E-state index contributed by atoms with van der Waals surface area (Å²) in [5.74, 6) is 1.41. The summed E-state index contributed by atoms with van der Waals surface area (Å²) in [6, 6.07) is 14.6. The highest BCUT2D eigenvalue weighted by Gasteiger charge is 2.12. The Morgan fingerprint density at radius 3 is 2.39 bits per heavy atom. The van der Waals surface area contributed by atoms with Crippen molar-refractivity contribution in [3.63, 3.8) is 0 Å². The fourth-order valence-corrected chi connectivity index (χ4v) is 3.41. The molecule has 124 valence electrons. The smallest absolute Gasteiger partial charge is 0.215 e. The molecule has 0 bridgehead atoms. The Balaban J connectivity index is 1.96. The summed E-state index contributed by atoms with van der Waals surface area (Å²) in [5.41, 5.74) is 1.66. The van der Waals surface area contributed by atoms with Crippen LogP contribution in [0.5, 0.6) is 11.5 Å². The lowest BCUT2D eigenvalue weighted by molar-refractivity contribution is 0.398. The third kappa shape index (κ3) is 5.26. The van der Waals surface area contributed by atoms with E-state index in [9.17, 15) is 8.42 Å². The first-order chi connectivity index (χ1) is 11.0. The zero-order chi connectivity index (χ0) is 16.7. The highest BCUT2D eigenvalue weighted by molar-refractivity contribution is 7.88. The zero-order valence-electron chi connectivity index (χ0n) is 13.3. The molecule has 2 aromatic rings. The number of benzene rings is 2. The monoisotopic (exact) mass is 335 g/mol. The van der Waals surface area contributed by atoms with Crippen molar-refractivity contribution < 1.29 is 17.9 Å². The van der Waals surface area contributed by atoms with E-state index in [4.69, 9.17) is 9.47 Å². The number of hydrogen-bond acceptors (Lipinski definition) is 4. The summed E-state index contributed by atoms with van der Waals surface area (Å²) < 4.78 is 37.3. The molecule has 0 aliphatic rings. The Hall–Kier alpha value is -2.05. The quantitative estimate of drug-likeness (QED) is 0.804. The molecule has 0 aliphatic carbocycles. The molecule has 0 amide bonds. The van der Waals surface area contributed by atoms with E-state index in [1.54, 1.807) is 26.4 Å². The van der Waals surface area contributed by atoms with Crippen LogP contribution in [0.25, 0.3) is 0 Å². The predicted octanol–water partition coefficient (Wildman–Crippen LogP) is 2.37. The first-order valence-electron chi connectivity index (χ1n) is 7.26. The van der Waals surface area contributed by atoms with Gasteiger partial charge in [-0.25, -0.2) is 13.1 Å². The van der Waals surface area contributed by atoms with E-state index in [-0.39, 0.29) is 5.75 Å². The molecule has 23 heavy (non-hydrogen) atoms. The Morgan fingerprint density at radius 2 is 1.74 bits per heavy atom. The van der Waals surface area contributed by atoms with Gasteiger partial charge in [-0.1, -0.05) is 30.3 Å². The van der Waals surface area contributed by atoms with Gasteiger partial charge in [0.05, 0.1) is 20.0 Å². The normalized spacial score (nSPS) is 11.2. The van der Waals surface area contributed by atoms with Crippen LogP contribution in [0.3, 0.4) is 0 Å². The first-order valence-corrected chi connectivity index (χ1v) is 8.91. The van der Waals surface area contributed by atoms with Crippen LogP contribution in [-0.2, 0) is 22.2 Å². The molecule has 0 unspecified atom stereocenters. The predicted molar refractivity (Wildman–Crippen MR) is 90.3 cm³/mol. The Kier molecular flexibility index (Phi) is 6.01. The molecule has 0 radical (unpaired) electrons. The van der Waals surface area contributed by atoms with E-state index in [1.165, 1.54) is 0 Å². The van der Waals surface area contributed by atoms with Crippen molar-refractivity contribution in [2.45, 2.75) is 12.2 Å². The van der Waals surface area contributed by atoms with E-state index in [1.807, 2.05) is 36.4 Å². The largest absolute Gasteiger partial charge is 0.497 e. The van der Waals surface area contributed by atoms with Crippen molar-refractivity contribution in [1.29, 1.82) is 0 Å². The summed E-state index contributed by atoms with van der Waals surface area (Å²) in [6.07, 6.45) is 0.522. The van der Waals surface area contributed by atoms with Crippen molar-refractivity contribution in [2.75, 3.05) is 20.8 Å². The third-order valence-corrected chi connectivity index (χ3v) is 4.76. The van der Waals surface area contributed by atoms with Crippen LogP contribution in [0.15, 0.2) is 48.5 Å². The Labute approximate surface area is 137 Å². The summed E-state index contributed by atoms with van der Waals surface area (Å²) >= 11 is 0. The maximum Gasteiger partial charge on any atom is 0.215 e.